The van der Waals surface area contributed by atoms with E-state index < -0.39 is 97.5 Å². The number of carbonyl (C=O) groups is 4. The van der Waals surface area contributed by atoms with Crippen molar-refractivity contribution in [3.05, 3.63) is 219 Å². The molecular weight excluding hydrogens is 1450 g/mol. The molecule has 0 aromatic rings. The highest BCUT2D eigenvalue weighted by Gasteiger charge is 2.30. The van der Waals surface area contributed by atoms with Crippen LogP contribution in [0.3, 0.4) is 0 Å². The number of allylic oxidation sites excluding steroid dienone is 36. The molecule has 0 bridgehead atoms. The molecule has 0 aromatic heterocycles. The quantitative estimate of drug-likeness (QED) is 0.0169. The molecule has 0 aromatic carbocycles. The number of esters is 4. The van der Waals surface area contributed by atoms with E-state index >= 15 is 0 Å². The van der Waals surface area contributed by atoms with Crippen molar-refractivity contribution in [3.63, 3.8) is 0 Å². The predicted molar refractivity (Wildman–Crippen MR) is 463 cm³/mol. The largest absolute Gasteiger partial charge is 0.472 e. The smallest absolute Gasteiger partial charge is 0.462 e. The highest BCUT2D eigenvalue weighted by atomic mass is 31.2. The van der Waals surface area contributed by atoms with Crippen LogP contribution in [0.2, 0.25) is 0 Å². The van der Waals surface area contributed by atoms with Crippen molar-refractivity contribution in [2.24, 2.45) is 0 Å². The zero-order chi connectivity index (χ0) is 81.7. The second-order valence-electron chi connectivity index (χ2n) is 27.0. The number of rotatable bonds is 76. The van der Waals surface area contributed by atoms with Crippen molar-refractivity contribution >= 4 is 39.5 Å². The number of phosphoric acid groups is 2. The second kappa shape index (κ2) is 82.4. The van der Waals surface area contributed by atoms with Crippen molar-refractivity contribution in [3.8, 4) is 0 Å². The Hall–Kier alpha value is -6.62. The third-order valence-corrected chi connectivity index (χ3v) is 18.3. The standard InChI is InChI=1S/C93H146O17P2/c1-5-9-13-17-21-25-29-33-37-41-43-47-49-53-57-61-65-69-73-77-90(95)103-83-88(109-92(97)79-75-71-67-63-59-55-51-45-39-35-31-27-23-19-15-11-7-3)85-107-111(99,100)105-81-87(94)82-106-112(101,102)108-86-89(110-93(98)80-76-72-68-64-60-56-52-46-40-36-32-28-24-20-16-12-8-4)84-104-91(96)78-74-70-66-62-58-54-50-48-44-42-38-34-30-26-22-18-14-10-6-2/h21-28,33-40,43-44,47-48,51-58,63-70,87-89,94H,5-20,29-32,41-42,45-46,49-50,59-62,71-86H2,1-4H3,(H,99,100)(H,101,102)/b25-21-,26-22-,27-23-,28-24-,37-33-,38-34-,39-35-,40-36-,47-43-,48-44-,55-51-,56-52-,57-53-,58-54-,67-63-,68-64-,69-65-,70-66-/t88-,89-/m1/s1. The Kier molecular flexibility index (Phi) is 77.5. The molecule has 2 unspecified atom stereocenters. The number of hydrogen-bond acceptors (Lipinski definition) is 15. The van der Waals surface area contributed by atoms with Gasteiger partial charge in [0.25, 0.3) is 0 Å². The van der Waals surface area contributed by atoms with E-state index in [1.165, 1.54) is 77.0 Å². The van der Waals surface area contributed by atoms with E-state index in [4.69, 9.17) is 37.0 Å². The van der Waals surface area contributed by atoms with Gasteiger partial charge in [-0.2, -0.15) is 0 Å². The average Bonchev–Trinajstić information content (AvgIpc) is 0.895. The predicted octanol–water partition coefficient (Wildman–Crippen LogP) is 25.2. The van der Waals surface area contributed by atoms with Crippen molar-refractivity contribution < 1.29 is 80.2 Å². The Balaban J connectivity index is 5.64. The lowest BCUT2D eigenvalue weighted by molar-refractivity contribution is -0.161. The number of hydrogen-bond donors (Lipinski definition) is 3. The van der Waals surface area contributed by atoms with Gasteiger partial charge >= 0.3 is 39.5 Å². The minimum absolute atomic E-state index is 0.00920. The molecule has 0 fully saturated rings. The third-order valence-electron chi connectivity index (χ3n) is 16.4. The number of unbranched alkanes of at least 4 members (excludes halogenated alkanes) is 14. The summed E-state index contributed by atoms with van der Waals surface area (Å²) in [5, 5.41) is 10.7. The highest BCUT2D eigenvalue weighted by molar-refractivity contribution is 7.47. The third kappa shape index (κ3) is 81.4. The Morgan fingerprint density at radius 1 is 0.250 bits per heavy atom. The first kappa shape index (κ1) is 105. The minimum Gasteiger partial charge on any atom is -0.462 e. The van der Waals surface area contributed by atoms with E-state index in [0.29, 0.717) is 51.4 Å². The first-order valence-corrected chi connectivity index (χ1v) is 45.0. The number of ether oxygens (including phenoxy) is 4. The topological polar surface area (TPSA) is 237 Å². The molecular formula is C93H146O17P2. The zero-order valence-electron chi connectivity index (χ0n) is 69.0. The van der Waals surface area contributed by atoms with Gasteiger partial charge in [-0.25, -0.2) is 9.13 Å². The molecule has 17 nitrogen and oxygen atoms in total. The molecule has 0 radical (unpaired) electrons. The van der Waals surface area contributed by atoms with Crippen LogP contribution in [0.1, 0.15) is 285 Å². The molecule has 0 aliphatic carbocycles. The lowest BCUT2D eigenvalue weighted by Gasteiger charge is -2.21. The van der Waals surface area contributed by atoms with Gasteiger partial charge in [-0.05, 0) is 180 Å². The van der Waals surface area contributed by atoms with Gasteiger partial charge in [0.1, 0.15) is 19.3 Å². The number of carbonyl (C=O) groups excluding carboxylic acids is 4. The normalized spacial score (nSPS) is 14.9. The summed E-state index contributed by atoms with van der Waals surface area (Å²) in [4.78, 5) is 73.1. The van der Waals surface area contributed by atoms with Gasteiger partial charge in [-0.15, -0.1) is 0 Å². The summed E-state index contributed by atoms with van der Waals surface area (Å²) in [6.07, 6.45) is 105. The van der Waals surface area contributed by atoms with E-state index in [-0.39, 0.29) is 25.7 Å². The van der Waals surface area contributed by atoms with Gasteiger partial charge < -0.3 is 33.8 Å². The summed E-state index contributed by atoms with van der Waals surface area (Å²) in [7, 11) is -10.1. The fourth-order valence-electron chi connectivity index (χ4n) is 9.99. The van der Waals surface area contributed by atoms with Crippen molar-refractivity contribution in [1.29, 1.82) is 0 Å². The van der Waals surface area contributed by atoms with Crippen molar-refractivity contribution in [2.75, 3.05) is 39.6 Å². The summed E-state index contributed by atoms with van der Waals surface area (Å²) in [5.41, 5.74) is 0. The fourth-order valence-corrected chi connectivity index (χ4v) is 11.6. The Morgan fingerprint density at radius 3 is 0.670 bits per heavy atom. The van der Waals surface area contributed by atoms with E-state index in [9.17, 15) is 43.2 Å². The minimum atomic E-state index is -5.03. The lowest BCUT2D eigenvalue weighted by Crippen LogP contribution is -2.30. The number of aliphatic hydroxyl groups is 1. The van der Waals surface area contributed by atoms with E-state index in [1.807, 2.05) is 60.8 Å². The molecule has 3 N–H and O–H groups in total. The van der Waals surface area contributed by atoms with Crippen LogP contribution < -0.4 is 0 Å². The molecule has 112 heavy (non-hydrogen) atoms. The van der Waals surface area contributed by atoms with Gasteiger partial charge in [0, 0.05) is 25.7 Å². The van der Waals surface area contributed by atoms with Crippen molar-refractivity contribution in [2.45, 2.75) is 303 Å². The molecule has 630 valence electrons. The van der Waals surface area contributed by atoms with Crippen LogP contribution in [0.25, 0.3) is 0 Å². The Bertz CT molecular complexity index is 2790. The maximum atomic E-state index is 13.1. The van der Waals surface area contributed by atoms with Crippen LogP contribution >= 0.6 is 15.6 Å². The summed E-state index contributed by atoms with van der Waals surface area (Å²) >= 11 is 0. The summed E-state index contributed by atoms with van der Waals surface area (Å²) < 4.78 is 68.4. The van der Waals surface area contributed by atoms with E-state index in [1.54, 1.807) is 0 Å². The number of phosphoric ester groups is 2. The maximum Gasteiger partial charge on any atom is 0.472 e. The van der Waals surface area contributed by atoms with Crippen LogP contribution in [0.5, 0.6) is 0 Å². The molecule has 0 rings (SSSR count). The number of aliphatic hydroxyl groups excluding tert-OH is 1. The Labute approximate surface area is 677 Å². The van der Waals surface area contributed by atoms with Gasteiger partial charge in [0.05, 0.1) is 26.4 Å². The molecule has 4 atom stereocenters. The highest BCUT2D eigenvalue weighted by Crippen LogP contribution is 2.45. The van der Waals surface area contributed by atoms with Gasteiger partial charge in [-0.3, -0.25) is 37.3 Å². The summed E-state index contributed by atoms with van der Waals surface area (Å²) in [5.74, 6) is -2.53. The average molecular weight is 1600 g/mol. The summed E-state index contributed by atoms with van der Waals surface area (Å²) in [6, 6.07) is 0. The lowest BCUT2D eigenvalue weighted by atomic mass is 10.2. The molecule has 0 spiro atoms. The molecule has 0 aliphatic rings. The van der Waals surface area contributed by atoms with Gasteiger partial charge in [0.15, 0.2) is 12.2 Å². The van der Waals surface area contributed by atoms with Crippen LogP contribution in [0, 0.1) is 0 Å². The van der Waals surface area contributed by atoms with Crippen LogP contribution in [-0.2, 0) is 65.4 Å². The van der Waals surface area contributed by atoms with Crippen LogP contribution in [0.15, 0.2) is 219 Å². The second-order valence-corrected chi connectivity index (χ2v) is 29.9. The molecule has 0 saturated carbocycles. The van der Waals surface area contributed by atoms with Crippen LogP contribution in [-0.4, -0.2) is 96.7 Å². The maximum absolute atomic E-state index is 13.1. The molecule has 19 heteroatoms. The van der Waals surface area contributed by atoms with E-state index in [0.717, 1.165) is 103 Å². The molecule has 0 aliphatic heterocycles. The summed E-state index contributed by atoms with van der Waals surface area (Å²) in [6.45, 7) is 4.43. The molecule has 0 heterocycles. The van der Waals surface area contributed by atoms with Crippen LogP contribution in [0.4, 0.5) is 0 Å². The monoisotopic (exact) mass is 1600 g/mol. The van der Waals surface area contributed by atoms with E-state index in [2.05, 4.69) is 186 Å². The Morgan fingerprint density at radius 2 is 0.446 bits per heavy atom. The van der Waals surface area contributed by atoms with Gasteiger partial charge in [-0.1, -0.05) is 298 Å². The first-order chi connectivity index (χ1) is 54.7. The zero-order valence-corrected chi connectivity index (χ0v) is 70.8. The first-order valence-electron chi connectivity index (χ1n) is 42.0. The van der Waals surface area contributed by atoms with Crippen molar-refractivity contribution in [1.82, 2.24) is 0 Å². The molecule has 0 amide bonds. The fraction of sp³-hybridized carbons (Fsp3) is 0.570. The SMILES string of the molecule is CCCCC/C=C\C/C=C\C/C=C\C/C=C\C/C=C\CCC(=O)OC[C@H](COP(=O)(O)OCC(O)COP(=O)(O)OC[C@@H](COC(=O)CC/C=C\C/C=C\C/C=C\C/C=C\C/C=C\CCCCC)OC(=O)CCC/C=C\C/C=C\C/C=C\C/C=C\CCCCC)OC(=O)CCC/C=C\C/C=C\C/C=C\C/C=C\CCCCC. The molecule has 0 saturated heterocycles. The van der Waals surface area contributed by atoms with Gasteiger partial charge in [0.2, 0.25) is 0 Å².